The lowest BCUT2D eigenvalue weighted by Crippen LogP contribution is -2.41. The van der Waals surface area contributed by atoms with Crippen LogP contribution in [0.1, 0.15) is 44.5 Å². The normalized spacial score (nSPS) is 17.5. The van der Waals surface area contributed by atoms with Crippen molar-refractivity contribution in [3.05, 3.63) is 18.2 Å². The summed E-state index contributed by atoms with van der Waals surface area (Å²) in [6.45, 7) is 4.78. The van der Waals surface area contributed by atoms with Gasteiger partial charge in [0.25, 0.3) is 0 Å². The molecule has 1 aliphatic rings. The summed E-state index contributed by atoms with van der Waals surface area (Å²) in [4.78, 5) is 18.6. The van der Waals surface area contributed by atoms with Gasteiger partial charge in [0.05, 0.1) is 6.04 Å². The largest absolute Gasteiger partial charge is 0.341 e. The molecule has 1 unspecified atom stereocenters. The van der Waals surface area contributed by atoms with Crippen molar-refractivity contribution in [2.24, 2.45) is 0 Å². The van der Waals surface area contributed by atoms with Crippen LogP contribution in [0.3, 0.4) is 0 Å². The topological polar surface area (TPSA) is 50.2 Å². The van der Waals surface area contributed by atoms with Gasteiger partial charge in [0.1, 0.15) is 5.82 Å². The van der Waals surface area contributed by atoms with E-state index in [4.69, 9.17) is 0 Å². The summed E-state index contributed by atoms with van der Waals surface area (Å²) >= 11 is 0. The number of aryl methyl sites for hydroxylation is 1. The zero-order chi connectivity index (χ0) is 14.4. The van der Waals surface area contributed by atoms with E-state index in [1.54, 1.807) is 0 Å². The molecule has 0 aromatic carbocycles. The van der Waals surface area contributed by atoms with E-state index in [1.807, 2.05) is 18.1 Å². The number of amides is 1. The lowest BCUT2D eigenvalue weighted by atomic mass is 10.0. The number of carbonyl (C=O) groups is 1. The molecule has 1 N–H and O–H groups in total. The highest BCUT2D eigenvalue weighted by atomic mass is 35.5. The smallest absolute Gasteiger partial charge is 0.222 e. The highest BCUT2D eigenvalue weighted by Gasteiger charge is 2.25. The average Bonchev–Trinajstić information content (AvgIpc) is 2.96. The SMILES string of the molecule is CCc1nccn1C1CCCN(C(=O)CCCNC)C1.Cl.Cl. The molecule has 1 atom stereocenters. The summed E-state index contributed by atoms with van der Waals surface area (Å²) in [6, 6.07) is 0.398. The molecule has 1 amide bonds. The molecule has 7 heteroatoms. The van der Waals surface area contributed by atoms with Crippen molar-refractivity contribution in [2.45, 2.75) is 45.1 Å². The second-order valence-electron chi connectivity index (χ2n) is 5.45. The van der Waals surface area contributed by atoms with Crippen molar-refractivity contribution in [1.29, 1.82) is 0 Å². The molecule has 0 aliphatic carbocycles. The fraction of sp³-hybridized carbons (Fsp3) is 0.733. The molecule has 0 spiro atoms. The van der Waals surface area contributed by atoms with Crippen LogP contribution in [0.25, 0.3) is 0 Å². The quantitative estimate of drug-likeness (QED) is 0.801. The van der Waals surface area contributed by atoms with E-state index < -0.39 is 0 Å². The molecule has 5 nitrogen and oxygen atoms in total. The Morgan fingerprint density at radius 1 is 1.45 bits per heavy atom. The molecule has 22 heavy (non-hydrogen) atoms. The number of carbonyl (C=O) groups excluding carboxylic acids is 1. The molecule has 0 saturated carbocycles. The molecular formula is C15H28Cl2N4O. The Kier molecular flexibility index (Phi) is 10.5. The van der Waals surface area contributed by atoms with Crippen LogP contribution in [0.2, 0.25) is 0 Å². The predicted octanol–water partition coefficient (Wildman–Crippen LogP) is 2.45. The van der Waals surface area contributed by atoms with Crippen molar-refractivity contribution >= 4 is 30.7 Å². The first kappa shape index (κ1) is 21.2. The summed E-state index contributed by atoms with van der Waals surface area (Å²) in [5.41, 5.74) is 0. The fourth-order valence-corrected chi connectivity index (χ4v) is 2.93. The van der Waals surface area contributed by atoms with Gasteiger partial charge in [-0.25, -0.2) is 4.98 Å². The van der Waals surface area contributed by atoms with Gasteiger partial charge >= 0.3 is 0 Å². The number of hydrogen-bond acceptors (Lipinski definition) is 3. The monoisotopic (exact) mass is 350 g/mol. The van der Waals surface area contributed by atoms with Gasteiger partial charge in [-0.1, -0.05) is 6.92 Å². The first-order chi connectivity index (χ1) is 9.76. The second kappa shape index (κ2) is 10.9. The van der Waals surface area contributed by atoms with Crippen molar-refractivity contribution in [3.63, 3.8) is 0 Å². The first-order valence-corrected chi connectivity index (χ1v) is 7.70. The molecular weight excluding hydrogens is 323 g/mol. The molecule has 1 aromatic rings. The third kappa shape index (κ3) is 5.45. The zero-order valence-corrected chi connectivity index (χ0v) is 15.1. The van der Waals surface area contributed by atoms with E-state index in [9.17, 15) is 4.79 Å². The highest BCUT2D eigenvalue weighted by Crippen LogP contribution is 2.23. The molecule has 1 aliphatic heterocycles. The van der Waals surface area contributed by atoms with Crippen LogP contribution in [-0.2, 0) is 11.2 Å². The summed E-state index contributed by atoms with van der Waals surface area (Å²) in [7, 11) is 1.92. The third-order valence-electron chi connectivity index (χ3n) is 4.03. The molecule has 0 bridgehead atoms. The molecule has 128 valence electrons. The number of nitrogens with one attached hydrogen (secondary N) is 1. The molecule has 2 rings (SSSR count). The predicted molar refractivity (Wildman–Crippen MR) is 94.1 cm³/mol. The standard InChI is InChI=1S/C15H26N4O.2ClH/c1-3-14-17-9-11-19(14)13-6-5-10-18(12-13)15(20)7-4-8-16-2;;/h9,11,13,16H,3-8,10,12H2,1-2H3;2*1H. The lowest BCUT2D eigenvalue weighted by Gasteiger charge is -2.34. The minimum atomic E-state index is 0. The Bertz CT molecular complexity index is 439. The van der Waals surface area contributed by atoms with Crippen LogP contribution in [0.15, 0.2) is 12.4 Å². The van der Waals surface area contributed by atoms with E-state index >= 15 is 0 Å². The van der Waals surface area contributed by atoms with Crippen molar-refractivity contribution in [2.75, 3.05) is 26.7 Å². The van der Waals surface area contributed by atoms with Crippen molar-refractivity contribution < 1.29 is 4.79 Å². The minimum Gasteiger partial charge on any atom is -0.341 e. The fourth-order valence-electron chi connectivity index (χ4n) is 2.93. The Labute approximate surface area is 145 Å². The van der Waals surface area contributed by atoms with Crippen LogP contribution in [0.5, 0.6) is 0 Å². The maximum atomic E-state index is 12.2. The maximum Gasteiger partial charge on any atom is 0.222 e. The minimum absolute atomic E-state index is 0. The van der Waals surface area contributed by atoms with Gasteiger partial charge in [-0.2, -0.15) is 0 Å². The second-order valence-corrected chi connectivity index (χ2v) is 5.45. The van der Waals surface area contributed by atoms with Gasteiger partial charge in [-0.15, -0.1) is 24.8 Å². The summed E-state index contributed by atoms with van der Waals surface area (Å²) in [5, 5.41) is 3.09. The van der Waals surface area contributed by atoms with Gasteiger partial charge in [0.15, 0.2) is 0 Å². The van der Waals surface area contributed by atoms with Crippen LogP contribution >= 0.6 is 24.8 Å². The first-order valence-electron chi connectivity index (χ1n) is 7.70. The average molecular weight is 351 g/mol. The Balaban J connectivity index is 0.00000220. The molecule has 1 aromatic heterocycles. The van der Waals surface area contributed by atoms with Crippen LogP contribution < -0.4 is 5.32 Å². The number of nitrogens with zero attached hydrogens (tertiary/aromatic N) is 3. The summed E-state index contributed by atoms with van der Waals surface area (Å²) < 4.78 is 2.26. The van der Waals surface area contributed by atoms with E-state index in [0.717, 1.165) is 51.1 Å². The van der Waals surface area contributed by atoms with E-state index in [1.165, 1.54) is 0 Å². The number of hydrogen-bond donors (Lipinski definition) is 1. The maximum absolute atomic E-state index is 12.2. The van der Waals surface area contributed by atoms with Crippen molar-refractivity contribution in [3.8, 4) is 0 Å². The van der Waals surface area contributed by atoms with Gasteiger partial charge in [0, 0.05) is 38.3 Å². The zero-order valence-electron chi connectivity index (χ0n) is 13.5. The van der Waals surface area contributed by atoms with Gasteiger partial charge in [-0.3, -0.25) is 4.79 Å². The van der Waals surface area contributed by atoms with Crippen LogP contribution in [0.4, 0.5) is 0 Å². The van der Waals surface area contributed by atoms with Gasteiger partial charge in [-0.05, 0) is 32.9 Å². The van der Waals surface area contributed by atoms with E-state index in [-0.39, 0.29) is 24.8 Å². The number of aromatic nitrogens is 2. The number of imidazole rings is 1. The van der Waals surface area contributed by atoms with Crippen LogP contribution in [-0.4, -0.2) is 47.0 Å². The molecule has 0 radical (unpaired) electrons. The van der Waals surface area contributed by atoms with Gasteiger partial charge < -0.3 is 14.8 Å². The number of piperidine rings is 1. The van der Waals surface area contributed by atoms with Crippen molar-refractivity contribution in [1.82, 2.24) is 19.8 Å². The Morgan fingerprint density at radius 3 is 2.91 bits per heavy atom. The number of likely N-dealkylation sites (tertiary alicyclic amines) is 1. The Morgan fingerprint density at radius 2 is 2.23 bits per heavy atom. The van der Waals surface area contributed by atoms with E-state index in [2.05, 4.69) is 28.0 Å². The summed E-state index contributed by atoms with van der Waals surface area (Å²) in [6.07, 6.45) is 8.66. The Hall–Kier alpha value is -0.780. The van der Waals surface area contributed by atoms with E-state index in [0.29, 0.717) is 18.4 Å². The number of halogens is 2. The molecule has 2 heterocycles. The lowest BCUT2D eigenvalue weighted by molar-refractivity contribution is -0.132. The highest BCUT2D eigenvalue weighted by molar-refractivity contribution is 5.85. The summed E-state index contributed by atoms with van der Waals surface area (Å²) in [5.74, 6) is 1.42. The number of rotatable bonds is 6. The van der Waals surface area contributed by atoms with Gasteiger partial charge in [0.2, 0.25) is 5.91 Å². The molecule has 1 fully saturated rings. The third-order valence-corrected chi connectivity index (χ3v) is 4.03. The molecule has 1 saturated heterocycles. The van der Waals surface area contributed by atoms with Crippen LogP contribution in [0, 0.1) is 0 Å².